The van der Waals surface area contributed by atoms with Crippen LogP contribution in [0.4, 0.5) is 5.69 Å². The maximum atomic E-state index is 12.5. The van der Waals surface area contributed by atoms with E-state index in [0.29, 0.717) is 23.1 Å². The summed E-state index contributed by atoms with van der Waals surface area (Å²) in [4.78, 5) is 12.8. The Bertz CT molecular complexity index is 727. The number of hydrogen-bond donors (Lipinski definition) is 1. The van der Waals surface area contributed by atoms with E-state index in [4.69, 9.17) is 0 Å². The Labute approximate surface area is 138 Å². The molecule has 0 heterocycles. The van der Waals surface area contributed by atoms with Crippen LogP contribution in [-0.2, 0) is 14.8 Å². The smallest absolute Gasteiger partial charge is 0.242 e. The fourth-order valence-electron chi connectivity index (χ4n) is 3.95. The zero-order valence-corrected chi connectivity index (χ0v) is 14.7. The third kappa shape index (κ3) is 3.02. The highest BCUT2D eigenvalue weighted by Gasteiger charge is 2.43. The molecule has 2 bridgehead atoms. The molecule has 6 heteroatoms. The summed E-state index contributed by atoms with van der Waals surface area (Å²) in [6.07, 6.45) is 4.55. The van der Waals surface area contributed by atoms with Gasteiger partial charge < -0.3 is 5.32 Å². The third-order valence-electron chi connectivity index (χ3n) is 5.29. The summed E-state index contributed by atoms with van der Waals surface area (Å²) >= 11 is 0. The second kappa shape index (κ2) is 5.91. The predicted molar refractivity (Wildman–Crippen MR) is 89.6 cm³/mol. The highest BCUT2D eigenvalue weighted by atomic mass is 32.2. The van der Waals surface area contributed by atoms with E-state index < -0.39 is 10.0 Å². The maximum Gasteiger partial charge on any atom is 0.242 e. The number of carbonyl (C=O) groups excluding carboxylic acids is 1. The molecule has 1 aromatic carbocycles. The van der Waals surface area contributed by atoms with Crippen LogP contribution in [0.1, 0.15) is 31.2 Å². The van der Waals surface area contributed by atoms with Crippen LogP contribution >= 0.6 is 0 Å². The molecule has 3 rings (SSSR count). The van der Waals surface area contributed by atoms with E-state index in [2.05, 4.69) is 5.32 Å². The van der Waals surface area contributed by atoms with Crippen LogP contribution in [0.2, 0.25) is 0 Å². The van der Waals surface area contributed by atoms with E-state index in [9.17, 15) is 13.2 Å². The number of fused-ring (bicyclic) bond motifs is 2. The number of nitrogens with zero attached hydrogens (tertiary/aromatic N) is 1. The number of rotatable bonds is 4. The molecule has 23 heavy (non-hydrogen) atoms. The molecule has 1 amide bonds. The van der Waals surface area contributed by atoms with E-state index in [1.54, 1.807) is 25.1 Å². The van der Waals surface area contributed by atoms with Crippen LogP contribution < -0.4 is 5.32 Å². The van der Waals surface area contributed by atoms with Gasteiger partial charge in [-0.1, -0.05) is 12.5 Å². The molecule has 0 radical (unpaired) electrons. The Kier molecular flexibility index (Phi) is 4.23. The Morgan fingerprint density at radius 2 is 1.96 bits per heavy atom. The highest BCUT2D eigenvalue weighted by molar-refractivity contribution is 7.89. The molecular formula is C17H24N2O3S. The van der Waals surface area contributed by atoms with Gasteiger partial charge >= 0.3 is 0 Å². The van der Waals surface area contributed by atoms with Crippen molar-refractivity contribution in [2.24, 2.45) is 17.8 Å². The van der Waals surface area contributed by atoms with Crippen LogP contribution in [0.5, 0.6) is 0 Å². The van der Waals surface area contributed by atoms with Crippen molar-refractivity contribution < 1.29 is 13.2 Å². The normalized spacial score (nSPS) is 26.7. The zero-order chi connectivity index (χ0) is 16.8. The first-order valence-corrected chi connectivity index (χ1v) is 9.57. The van der Waals surface area contributed by atoms with Crippen molar-refractivity contribution in [3.63, 3.8) is 0 Å². The molecule has 0 aliphatic heterocycles. The van der Waals surface area contributed by atoms with Crippen molar-refractivity contribution in [2.75, 3.05) is 19.4 Å². The number of aryl methyl sites for hydroxylation is 1. The Hall–Kier alpha value is -1.40. The molecule has 3 unspecified atom stereocenters. The van der Waals surface area contributed by atoms with Gasteiger partial charge in [0.05, 0.1) is 4.90 Å². The lowest BCUT2D eigenvalue weighted by Gasteiger charge is -2.21. The number of anilines is 1. The Morgan fingerprint density at radius 1 is 1.22 bits per heavy atom. The summed E-state index contributed by atoms with van der Waals surface area (Å²) in [6, 6.07) is 5.08. The van der Waals surface area contributed by atoms with Gasteiger partial charge in [-0.15, -0.1) is 0 Å². The largest absolute Gasteiger partial charge is 0.326 e. The summed E-state index contributed by atoms with van der Waals surface area (Å²) < 4.78 is 25.9. The molecule has 0 saturated heterocycles. The molecular weight excluding hydrogens is 312 g/mol. The molecule has 2 fully saturated rings. The lowest BCUT2D eigenvalue weighted by Crippen LogP contribution is -2.27. The van der Waals surface area contributed by atoms with Crippen LogP contribution in [-0.4, -0.2) is 32.7 Å². The van der Waals surface area contributed by atoms with E-state index in [1.807, 2.05) is 0 Å². The number of nitrogens with one attached hydrogen (secondary N) is 1. The fraction of sp³-hybridized carbons (Fsp3) is 0.588. The van der Waals surface area contributed by atoms with Crippen molar-refractivity contribution in [2.45, 2.75) is 37.5 Å². The van der Waals surface area contributed by atoms with E-state index in [0.717, 1.165) is 12.8 Å². The minimum absolute atomic E-state index is 0.0363. The van der Waals surface area contributed by atoms with Gasteiger partial charge in [-0.25, -0.2) is 12.7 Å². The number of amides is 1. The monoisotopic (exact) mass is 336 g/mol. The van der Waals surface area contributed by atoms with Gasteiger partial charge in [-0.2, -0.15) is 0 Å². The van der Waals surface area contributed by atoms with Gasteiger partial charge in [0, 0.05) is 25.7 Å². The molecule has 0 aromatic heterocycles. The average Bonchev–Trinajstić information content (AvgIpc) is 3.11. The SMILES string of the molecule is Cc1ccc(NC(=O)C2CC3CCC2C3)cc1S(=O)(=O)N(C)C. The second-order valence-electron chi connectivity index (χ2n) is 7.04. The van der Waals surface area contributed by atoms with Gasteiger partial charge in [0.25, 0.3) is 0 Å². The first-order chi connectivity index (χ1) is 10.8. The second-order valence-corrected chi connectivity index (χ2v) is 9.16. The summed E-state index contributed by atoms with van der Waals surface area (Å²) in [6.45, 7) is 1.76. The van der Waals surface area contributed by atoms with Gasteiger partial charge in [0.2, 0.25) is 15.9 Å². The minimum atomic E-state index is -3.51. The highest BCUT2D eigenvalue weighted by Crippen LogP contribution is 2.48. The van der Waals surface area contributed by atoms with Gasteiger partial charge in [0.1, 0.15) is 0 Å². The van der Waals surface area contributed by atoms with Crippen molar-refractivity contribution in [1.82, 2.24) is 4.31 Å². The van der Waals surface area contributed by atoms with Crippen LogP contribution in [0.15, 0.2) is 23.1 Å². The number of sulfonamides is 1. The molecule has 126 valence electrons. The first-order valence-electron chi connectivity index (χ1n) is 8.13. The van der Waals surface area contributed by atoms with Gasteiger partial charge in [-0.05, 0) is 55.7 Å². The summed E-state index contributed by atoms with van der Waals surface area (Å²) in [5.41, 5.74) is 1.24. The third-order valence-corrected chi connectivity index (χ3v) is 7.25. The Morgan fingerprint density at radius 3 is 2.52 bits per heavy atom. The van der Waals surface area contributed by atoms with E-state index >= 15 is 0 Å². The van der Waals surface area contributed by atoms with Gasteiger partial charge in [-0.3, -0.25) is 4.79 Å². The summed E-state index contributed by atoms with van der Waals surface area (Å²) in [5, 5.41) is 2.93. The molecule has 0 spiro atoms. The molecule has 2 aliphatic carbocycles. The fourth-order valence-corrected chi connectivity index (χ4v) is 5.10. The predicted octanol–water partition coefficient (Wildman–Crippen LogP) is 2.62. The zero-order valence-electron chi connectivity index (χ0n) is 13.9. The number of benzene rings is 1. The average molecular weight is 336 g/mol. The first kappa shape index (κ1) is 16.5. The number of carbonyl (C=O) groups is 1. The lowest BCUT2D eigenvalue weighted by molar-refractivity contribution is -0.121. The standard InChI is InChI=1S/C17H24N2O3S/c1-11-4-7-14(10-16(11)23(21,22)19(2)3)18-17(20)15-9-12-5-6-13(15)8-12/h4,7,10,12-13,15H,5-6,8-9H2,1-3H3,(H,18,20). The minimum Gasteiger partial charge on any atom is -0.326 e. The van der Waals surface area contributed by atoms with Crippen molar-refractivity contribution >= 4 is 21.6 Å². The quantitative estimate of drug-likeness (QED) is 0.919. The molecule has 5 nitrogen and oxygen atoms in total. The van der Waals surface area contributed by atoms with E-state index in [1.165, 1.54) is 31.2 Å². The molecule has 2 saturated carbocycles. The molecule has 3 atom stereocenters. The summed E-state index contributed by atoms with van der Waals surface area (Å²) in [7, 11) is -0.493. The topological polar surface area (TPSA) is 66.5 Å². The van der Waals surface area contributed by atoms with E-state index in [-0.39, 0.29) is 16.7 Å². The molecule has 1 aromatic rings. The van der Waals surface area contributed by atoms with Crippen molar-refractivity contribution in [1.29, 1.82) is 0 Å². The summed E-state index contributed by atoms with van der Waals surface area (Å²) in [5.74, 6) is 1.34. The number of hydrogen-bond acceptors (Lipinski definition) is 3. The van der Waals surface area contributed by atoms with Crippen molar-refractivity contribution in [3.05, 3.63) is 23.8 Å². The van der Waals surface area contributed by atoms with Crippen LogP contribution in [0.3, 0.4) is 0 Å². The Balaban J connectivity index is 1.80. The maximum absolute atomic E-state index is 12.5. The van der Waals surface area contributed by atoms with Gasteiger partial charge in [0.15, 0.2) is 0 Å². The lowest BCUT2D eigenvalue weighted by atomic mass is 9.88. The van der Waals surface area contributed by atoms with Crippen molar-refractivity contribution in [3.8, 4) is 0 Å². The molecule has 1 N–H and O–H groups in total. The van der Waals surface area contributed by atoms with Crippen LogP contribution in [0.25, 0.3) is 0 Å². The van der Waals surface area contributed by atoms with Crippen LogP contribution in [0, 0.1) is 24.7 Å². The molecule has 2 aliphatic rings.